The number of phosphoric ester groups is 1. The topological polar surface area (TPSA) is 315 Å². The number of nitrogen functional groups attached to an aromatic ring is 1. The number of ether oxygens (including phenoxy) is 3. The molecule has 0 bridgehead atoms. The van der Waals surface area contributed by atoms with Crippen LogP contribution in [0.25, 0.3) is 11.2 Å². The molecule has 2 aliphatic heterocycles. The number of nitrogens with two attached hydrogens (primary N) is 1. The number of carbonyl (C=O) groups excluding carboxylic acids is 1. The molecule has 2 aliphatic rings. The van der Waals surface area contributed by atoms with E-state index in [1.165, 1.54) is 29.4 Å². The minimum Gasteiger partial charge on any atom is -0.369 e. The van der Waals surface area contributed by atoms with Crippen molar-refractivity contribution >= 4 is 64.7 Å². The average Bonchev–Trinajstić information content (AvgIpc) is 3.55. The maximum Gasteiger partial charge on any atom is 0.490 e. The van der Waals surface area contributed by atoms with Crippen LogP contribution in [-0.4, -0.2) is 86.2 Å². The van der Waals surface area contributed by atoms with Gasteiger partial charge < -0.3 is 44.5 Å². The van der Waals surface area contributed by atoms with Gasteiger partial charge in [0, 0.05) is 12.4 Å². The molecule has 26 heteroatoms. The van der Waals surface area contributed by atoms with Crippen LogP contribution in [0.2, 0.25) is 0 Å². The Morgan fingerprint density at radius 2 is 1.76 bits per heavy atom. The highest BCUT2D eigenvalue weighted by atomic mass is 32.1. The summed E-state index contributed by atoms with van der Waals surface area (Å²) >= 11 is 5.18. The van der Waals surface area contributed by atoms with Crippen molar-refractivity contribution in [2.45, 2.75) is 30.8 Å². The van der Waals surface area contributed by atoms with Gasteiger partial charge in [0.1, 0.15) is 29.5 Å². The fourth-order valence-corrected chi connectivity index (χ4v) is 7.24. The molecule has 7 atom stereocenters. The molecule has 0 saturated carbocycles. The maximum absolute atomic E-state index is 12.8. The highest BCUT2D eigenvalue weighted by molar-refractivity contribution is 7.71. The molecule has 7 unspecified atom stereocenters. The molecule has 8 N–H and O–H groups in total. The van der Waals surface area contributed by atoms with Crippen LogP contribution in [0, 0.1) is 4.64 Å². The first kappa shape index (κ1) is 30.9. The minimum atomic E-state index is -5.77. The molecule has 1 amide bonds. The summed E-state index contributed by atoms with van der Waals surface area (Å²) in [7, 11) is -16.9. The van der Waals surface area contributed by atoms with Gasteiger partial charge in [0.25, 0.3) is 5.91 Å². The number of aromatic amines is 1. The third kappa shape index (κ3) is 6.96. The zero-order valence-corrected chi connectivity index (χ0v) is 23.8. The lowest BCUT2D eigenvalue weighted by atomic mass is 10.1. The third-order valence-electron chi connectivity index (χ3n) is 5.42. The standard InChI is InChI=1S/C16H19N8O14P3S/c17-15-21-10-7(12(42)23-15)20-5-24(10)13-9-8(35-14(36-9)11(25)22-16-18-2-1-3-19-16)6(34-13)4-33-40(29,30)38-41(31,32)37-39(26,27)28/h1-3,5-6,8-9,13-14H,4H2,(H,29,30)(H,31,32)(H2,26,27,28)(H3,17,21,23,42)(H,18,19,22,25). The van der Waals surface area contributed by atoms with E-state index in [4.69, 9.17) is 46.5 Å². The molecule has 22 nitrogen and oxygen atoms in total. The Morgan fingerprint density at radius 1 is 1.07 bits per heavy atom. The number of fused-ring (bicyclic) bond motifs is 2. The molecule has 0 spiro atoms. The second-order valence-corrected chi connectivity index (χ2v) is 13.1. The Labute approximate surface area is 237 Å². The van der Waals surface area contributed by atoms with Crippen molar-refractivity contribution < 1.29 is 65.4 Å². The molecule has 0 aromatic carbocycles. The Morgan fingerprint density at radius 3 is 2.45 bits per heavy atom. The number of carbonyl (C=O) groups is 1. The molecule has 228 valence electrons. The predicted molar refractivity (Wildman–Crippen MR) is 135 cm³/mol. The molecule has 2 saturated heterocycles. The molecular formula is C16H19N8O14P3S. The van der Waals surface area contributed by atoms with Gasteiger partial charge in [0.05, 0.1) is 12.9 Å². The van der Waals surface area contributed by atoms with E-state index in [9.17, 15) is 28.3 Å². The first-order valence-corrected chi connectivity index (χ1v) is 16.1. The number of imidazole rings is 1. The Kier molecular flexibility index (Phi) is 8.44. The lowest BCUT2D eigenvalue weighted by molar-refractivity contribution is -0.166. The highest BCUT2D eigenvalue weighted by Gasteiger charge is 2.56. The van der Waals surface area contributed by atoms with Crippen molar-refractivity contribution in [2.24, 2.45) is 0 Å². The summed E-state index contributed by atoms with van der Waals surface area (Å²) in [5.41, 5.74) is 6.24. The van der Waals surface area contributed by atoms with Gasteiger partial charge >= 0.3 is 23.5 Å². The number of H-pyrrole nitrogens is 1. The lowest BCUT2D eigenvalue weighted by Crippen LogP contribution is -2.34. The number of phosphoric acid groups is 3. The average molecular weight is 672 g/mol. The second-order valence-electron chi connectivity index (χ2n) is 8.32. The Bertz CT molecular complexity index is 1700. The van der Waals surface area contributed by atoms with Gasteiger partial charge in [-0.1, -0.05) is 12.2 Å². The van der Waals surface area contributed by atoms with Gasteiger partial charge in [-0.05, 0) is 6.07 Å². The molecule has 42 heavy (non-hydrogen) atoms. The van der Waals surface area contributed by atoms with Crippen molar-refractivity contribution in [1.29, 1.82) is 0 Å². The van der Waals surface area contributed by atoms with Crippen molar-refractivity contribution in [1.82, 2.24) is 29.5 Å². The molecular weight excluding hydrogens is 653 g/mol. The van der Waals surface area contributed by atoms with Crippen LogP contribution in [0.3, 0.4) is 0 Å². The van der Waals surface area contributed by atoms with E-state index in [1.54, 1.807) is 0 Å². The van der Waals surface area contributed by atoms with E-state index in [0.29, 0.717) is 0 Å². The van der Waals surface area contributed by atoms with Crippen LogP contribution in [0.1, 0.15) is 6.23 Å². The van der Waals surface area contributed by atoms with Crippen LogP contribution >= 0.6 is 35.7 Å². The van der Waals surface area contributed by atoms with E-state index < -0.39 is 66.8 Å². The monoisotopic (exact) mass is 672 g/mol. The van der Waals surface area contributed by atoms with E-state index >= 15 is 0 Å². The summed E-state index contributed by atoms with van der Waals surface area (Å²) in [6, 6.07) is 1.52. The molecule has 5 rings (SSSR count). The van der Waals surface area contributed by atoms with E-state index in [1.807, 2.05) is 0 Å². The quantitative estimate of drug-likeness (QED) is 0.109. The van der Waals surface area contributed by atoms with Crippen LogP contribution in [0.15, 0.2) is 24.8 Å². The summed E-state index contributed by atoms with van der Waals surface area (Å²) in [4.78, 5) is 68.1. The Balaban J connectivity index is 1.38. The van der Waals surface area contributed by atoms with Gasteiger partial charge in [0.2, 0.25) is 12.2 Å². The Hall–Kier alpha value is -2.59. The zero-order valence-electron chi connectivity index (χ0n) is 20.3. The van der Waals surface area contributed by atoms with Gasteiger partial charge in [-0.25, -0.2) is 33.6 Å². The summed E-state index contributed by atoms with van der Waals surface area (Å²) in [5.74, 6) is -0.930. The lowest BCUT2D eigenvalue weighted by Gasteiger charge is -2.22. The smallest absolute Gasteiger partial charge is 0.369 e. The van der Waals surface area contributed by atoms with E-state index in [2.05, 4.69) is 38.9 Å². The molecule has 2 fully saturated rings. The first-order valence-electron chi connectivity index (χ1n) is 11.2. The van der Waals surface area contributed by atoms with Crippen LogP contribution in [0.5, 0.6) is 0 Å². The molecule has 0 radical (unpaired) electrons. The number of hydrogen-bond donors (Lipinski definition) is 7. The highest BCUT2D eigenvalue weighted by Crippen LogP contribution is 2.66. The zero-order chi connectivity index (χ0) is 30.4. The van der Waals surface area contributed by atoms with Gasteiger partial charge in [0.15, 0.2) is 16.8 Å². The SMILES string of the molecule is Nc1nc(=S)c2ncn(C3OC(COP(=O)(O)OP(=O)(O)OP(=O)(O)O)C4OC(C(=O)Nc5ncccn5)OC43)c2[nH]1. The number of nitrogens with one attached hydrogen (secondary N) is 2. The number of hydrogen-bond acceptors (Lipinski definition) is 16. The van der Waals surface area contributed by atoms with Crippen molar-refractivity contribution in [2.75, 3.05) is 17.7 Å². The van der Waals surface area contributed by atoms with Crippen LogP contribution in [0.4, 0.5) is 11.9 Å². The molecule has 0 aliphatic carbocycles. The predicted octanol–water partition coefficient (Wildman–Crippen LogP) is -0.149. The fraction of sp³-hybridized carbons (Fsp3) is 0.375. The normalized spacial score (nSPS) is 26.9. The number of anilines is 2. The summed E-state index contributed by atoms with van der Waals surface area (Å²) in [6.45, 7) is -0.896. The van der Waals surface area contributed by atoms with Crippen molar-refractivity contribution in [3.63, 3.8) is 0 Å². The minimum absolute atomic E-state index is 0.0556. The molecule has 3 aromatic rings. The third-order valence-corrected chi connectivity index (χ3v) is 9.51. The van der Waals surface area contributed by atoms with Gasteiger partial charge in [-0.15, -0.1) is 0 Å². The van der Waals surface area contributed by atoms with Crippen molar-refractivity contribution in [3.8, 4) is 0 Å². The first-order chi connectivity index (χ1) is 19.6. The van der Waals surface area contributed by atoms with Gasteiger partial charge in [-0.3, -0.25) is 19.2 Å². The summed E-state index contributed by atoms with van der Waals surface area (Å²) < 4.78 is 65.8. The largest absolute Gasteiger partial charge is 0.490 e. The number of amides is 1. The number of nitrogens with zero attached hydrogens (tertiary/aromatic N) is 5. The second kappa shape index (κ2) is 11.5. The number of rotatable bonds is 10. The van der Waals surface area contributed by atoms with E-state index in [-0.39, 0.29) is 27.7 Å². The summed E-state index contributed by atoms with van der Waals surface area (Å²) in [5, 5.41) is 2.39. The van der Waals surface area contributed by atoms with E-state index in [0.717, 1.165) is 0 Å². The van der Waals surface area contributed by atoms with Crippen molar-refractivity contribution in [3.05, 3.63) is 29.4 Å². The fourth-order valence-electron chi connectivity index (χ4n) is 3.97. The van der Waals surface area contributed by atoms with Gasteiger partial charge in [-0.2, -0.15) is 8.62 Å². The van der Waals surface area contributed by atoms with Crippen LogP contribution in [-0.2, 0) is 45.8 Å². The molecule has 5 heterocycles. The summed E-state index contributed by atoms with van der Waals surface area (Å²) in [6.07, 6.45) is -2.29. The molecule has 3 aromatic heterocycles. The number of aromatic nitrogens is 6. The maximum atomic E-state index is 12.8. The van der Waals surface area contributed by atoms with Crippen LogP contribution < -0.4 is 11.1 Å².